The molecule has 0 aliphatic carbocycles. The number of carbonyl (C=O) groups excluding carboxylic acids is 1. The van der Waals surface area contributed by atoms with Crippen molar-refractivity contribution in [3.05, 3.63) is 95.8 Å². The van der Waals surface area contributed by atoms with Gasteiger partial charge in [-0.2, -0.15) is 0 Å². The number of anilines is 3. The van der Waals surface area contributed by atoms with Gasteiger partial charge in [-0.15, -0.1) is 11.3 Å². The fourth-order valence-electron chi connectivity index (χ4n) is 2.95. The fraction of sp³-hybridized carbons (Fsp3) is 0. The lowest BCUT2D eigenvalue weighted by Crippen LogP contribution is -2.18. The molecular formula is C22H17FN4O5S3. The molecule has 180 valence electrons. The largest absolute Gasteiger partial charge is 0.322 e. The predicted molar refractivity (Wildman–Crippen MR) is 131 cm³/mol. The van der Waals surface area contributed by atoms with E-state index in [2.05, 4.69) is 19.7 Å². The number of benzene rings is 3. The van der Waals surface area contributed by atoms with E-state index in [1.165, 1.54) is 42.6 Å². The number of sulfonamides is 2. The van der Waals surface area contributed by atoms with Crippen molar-refractivity contribution >= 4 is 53.8 Å². The molecule has 3 N–H and O–H groups in total. The molecule has 0 saturated heterocycles. The molecule has 0 bridgehead atoms. The summed E-state index contributed by atoms with van der Waals surface area (Å²) >= 11 is 1.13. The number of nitrogens with one attached hydrogen (secondary N) is 3. The lowest BCUT2D eigenvalue weighted by atomic mass is 10.1. The Morgan fingerprint density at radius 3 is 2.03 bits per heavy atom. The first kappa shape index (κ1) is 24.3. The standard InChI is InChI=1S/C22H17FN4O5S3/c23-15-5-9-17(10-6-15)34(29,30)26-20-4-2-1-3-19(20)21(28)25-16-7-11-18(12-8-16)35(31,32)27-22-24-13-14-33-22/h1-14,26H,(H,24,27)(H,25,28). The summed E-state index contributed by atoms with van der Waals surface area (Å²) in [6.45, 7) is 0. The van der Waals surface area contributed by atoms with E-state index >= 15 is 0 Å². The van der Waals surface area contributed by atoms with Crippen molar-refractivity contribution in [2.75, 3.05) is 14.8 Å². The van der Waals surface area contributed by atoms with Crippen LogP contribution in [0.2, 0.25) is 0 Å². The summed E-state index contributed by atoms with van der Waals surface area (Å²) in [5.74, 6) is -1.21. The van der Waals surface area contributed by atoms with Crippen LogP contribution in [0.15, 0.2) is 94.2 Å². The highest BCUT2D eigenvalue weighted by molar-refractivity contribution is 7.93. The van der Waals surface area contributed by atoms with Crippen molar-refractivity contribution in [2.24, 2.45) is 0 Å². The van der Waals surface area contributed by atoms with Crippen molar-refractivity contribution in [3.8, 4) is 0 Å². The number of aromatic nitrogens is 1. The molecule has 0 saturated carbocycles. The summed E-state index contributed by atoms with van der Waals surface area (Å²) in [5, 5.41) is 4.46. The third-order valence-electron chi connectivity index (χ3n) is 4.62. The Labute approximate surface area is 204 Å². The van der Waals surface area contributed by atoms with Crippen LogP contribution in [0, 0.1) is 5.82 Å². The number of amides is 1. The monoisotopic (exact) mass is 532 g/mol. The zero-order valence-corrected chi connectivity index (χ0v) is 20.1. The number of halogens is 1. The van der Waals surface area contributed by atoms with Crippen LogP contribution in [-0.2, 0) is 20.0 Å². The van der Waals surface area contributed by atoms with Crippen molar-refractivity contribution in [1.82, 2.24) is 4.98 Å². The third-order valence-corrected chi connectivity index (χ3v) is 8.17. The third kappa shape index (κ3) is 5.82. The van der Waals surface area contributed by atoms with Crippen LogP contribution in [0.5, 0.6) is 0 Å². The van der Waals surface area contributed by atoms with E-state index < -0.39 is 31.8 Å². The molecule has 4 rings (SSSR count). The average molecular weight is 533 g/mol. The van der Waals surface area contributed by atoms with E-state index in [0.717, 1.165) is 35.6 Å². The molecule has 3 aromatic carbocycles. The van der Waals surface area contributed by atoms with Gasteiger partial charge in [0.25, 0.3) is 26.0 Å². The molecule has 0 aliphatic rings. The molecule has 0 atom stereocenters. The van der Waals surface area contributed by atoms with Crippen LogP contribution in [0.3, 0.4) is 0 Å². The Kier molecular flexibility index (Phi) is 6.82. The van der Waals surface area contributed by atoms with Crippen LogP contribution in [0.25, 0.3) is 0 Å². The van der Waals surface area contributed by atoms with Gasteiger partial charge in [0, 0.05) is 17.3 Å². The molecule has 1 aromatic heterocycles. The first-order valence-electron chi connectivity index (χ1n) is 9.85. The Morgan fingerprint density at radius 1 is 0.800 bits per heavy atom. The van der Waals surface area contributed by atoms with Crippen LogP contribution in [-0.4, -0.2) is 27.7 Å². The van der Waals surface area contributed by atoms with Gasteiger partial charge in [-0.3, -0.25) is 14.2 Å². The van der Waals surface area contributed by atoms with Gasteiger partial charge in [-0.1, -0.05) is 12.1 Å². The second kappa shape index (κ2) is 9.82. The number of hydrogen-bond donors (Lipinski definition) is 3. The SMILES string of the molecule is O=C(Nc1ccc(S(=O)(=O)Nc2nccs2)cc1)c1ccccc1NS(=O)(=O)c1ccc(F)cc1. The summed E-state index contributed by atoms with van der Waals surface area (Å²) in [6.07, 6.45) is 1.47. The van der Waals surface area contributed by atoms with E-state index in [-0.39, 0.29) is 26.2 Å². The highest BCUT2D eigenvalue weighted by Gasteiger charge is 2.20. The molecule has 35 heavy (non-hydrogen) atoms. The molecule has 1 amide bonds. The normalized spacial score (nSPS) is 11.6. The first-order valence-corrected chi connectivity index (χ1v) is 13.7. The minimum absolute atomic E-state index is 0.0150. The average Bonchev–Trinajstić information content (AvgIpc) is 3.32. The molecule has 0 unspecified atom stereocenters. The number of rotatable bonds is 8. The smallest absolute Gasteiger partial charge is 0.263 e. The van der Waals surface area contributed by atoms with Gasteiger partial charge < -0.3 is 5.32 Å². The molecular weight excluding hydrogens is 515 g/mol. The van der Waals surface area contributed by atoms with E-state index in [1.807, 2.05) is 0 Å². The molecule has 0 spiro atoms. The Balaban J connectivity index is 1.50. The Bertz CT molecular complexity index is 1560. The molecule has 0 radical (unpaired) electrons. The quantitative estimate of drug-likeness (QED) is 0.312. The van der Waals surface area contributed by atoms with Gasteiger partial charge >= 0.3 is 0 Å². The number of para-hydroxylation sites is 1. The lowest BCUT2D eigenvalue weighted by Gasteiger charge is -2.13. The van der Waals surface area contributed by atoms with Crippen molar-refractivity contribution in [3.63, 3.8) is 0 Å². The first-order chi connectivity index (χ1) is 16.6. The summed E-state index contributed by atoms with van der Waals surface area (Å²) in [7, 11) is -7.93. The maximum atomic E-state index is 13.1. The number of nitrogens with zero attached hydrogens (tertiary/aromatic N) is 1. The topological polar surface area (TPSA) is 134 Å². The van der Waals surface area contributed by atoms with E-state index in [0.29, 0.717) is 5.69 Å². The van der Waals surface area contributed by atoms with Gasteiger partial charge in [0.05, 0.1) is 21.0 Å². The van der Waals surface area contributed by atoms with Gasteiger partial charge in [0.15, 0.2) is 5.13 Å². The van der Waals surface area contributed by atoms with Gasteiger partial charge in [0.1, 0.15) is 5.82 Å². The van der Waals surface area contributed by atoms with Crippen molar-refractivity contribution in [2.45, 2.75) is 9.79 Å². The number of thiazole rings is 1. The second-order valence-electron chi connectivity index (χ2n) is 7.03. The van der Waals surface area contributed by atoms with Gasteiger partial charge in [-0.05, 0) is 60.7 Å². The van der Waals surface area contributed by atoms with Crippen LogP contribution in [0.1, 0.15) is 10.4 Å². The second-order valence-corrected chi connectivity index (χ2v) is 11.3. The molecule has 1 heterocycles. The minimum Gasteiger partial charge on any atom is -0.322 e. The Morgan fingerprint density at radius 2 is 1.40 bits per heavy atom. The van der Waals surface area contributed by atoms with Gasteiger partial charge in [0.2, 0.25) is 0 Å². The molecule has 13 heteroatoms. The molecule has 0 fully saturated rings. The summed E-state index contributed by atoms with van der Waals surface area (Å²) < 4.78 is 68.1. The summed E-state index contributed by atoms with van der Waals surface area (Å²) in [4.78, 5) is 16.5. The van der Waals surface area contributed by atoms with Crippen molar-refractivity contribution < 1.29 is 26.0 Å². The minimum atomic E-state index is -4.08. The van der Waals surface area contributed by atoms with Crippen LogP contribution in [0.4, 0.5) is 20.9 Å². The van der Waals surface area contributed by atoms with Crippen LogP contribution >= 0.6 is 11.3 Å². The highest BCUT2D eigenvalue weighted by atomic mass is 32.2. The van der Waals surface area contributed by atoms with E-state index in [1.54, 1.807) is 17.5 Å². The maximum absolute atomic E-state index is 13.1. The molecule has 9 nitrogen and oxygen atoms in total. The zero-order valence-electron chi connectivity index (χ0n) is 17.7. The highest BCUT2D eigenvalue weighted by Crippen LogP contribution is 2.23. The summed E-state index contributed by atoms with van der Waals surface area (Å²) in [5.41, 5.74) is 0.334. The lowest BCUT2D eigenvalue weighted by molar-refractivity contribution is 0.102. The summed E-state index contributed by atoms with van der Waals surface area (Å²) in [6, 6.07) is 15.6. The van der Waals surface area contributed by atoms with E-state index in [4.69, 9.17) is 0 Å². The zero-order chi connectivity index (χ0) is 25.1. The van der Waals surface area contributed by atoms with Gasteiger partial charge in [-0.25, -0.2) is 26.2 Å². The fourth-order valence-corrected chi connectivity index (χ4v) is 5.82. The number of hydrogen-bond acceptors (Lipinski definition) is 7. The maximum Gasteiger partial charge on any atom is 0.263 e. The predicted octanol–water partition coefficient (Wildman–Crippen LogP) is 4.14. The van der Waals surface area contributed by atoms with Crippen molar-refractivity contribution in [1.29, 1.82) is 0 Å². The molecule has 0 aliphatic heterocycles. The van der Waals surface area contributed by atoms with Crippen LogP contribution < -0.4 is 14.8 Å². The Hall–Kier alpha value is -3.81. The molecule has 4 aromatic rings. The van der Waals surface area contributed by atoms with E-state index in [9.17, 15) is 26.0 Å². The number of carbonyl (C=O) groups is 1.